The molecule has 11 heteroatoms. The molecule has 0 aliphatic carbocycles. The number of methoxy groups -OCH3 is 2. The van der Waals surface area contributed by atoms with E-state index in [1.165, 1.54) is 48.8 Å². The first-order valence-corrected chi connectivity index (χ1v) is 20.6. The molecule has 0 atom stereocenters. The van der Waals surface area contributed by atoms with E-state index in [9.17, 15) is 41.7 Å². The number of rotatable bonds is 8. The van der Waals surface area contributed by atoms with Crippen LogP contribution in [-0.2, 0) is 5.41 Å². The molecule has 0 amide bonds. The van der Waals surface area contributed by atoms with Crippen LogP contribution in [0.3, 0.4) is 0 Å². The molecule has 0 fully saturated rings. The van der Waals surface area contributed by atoms with Gasteiger partial charge >= 0.3 is 12.4 Å². The Morgan fingerprint density at radius 1 is 0.400 bits per heavy atom. The van der Waals surface area contributed by atoms with Crippen molar-refractivity contribution in [1.29, 1.82) is 0 Å². The summed E-state index contributed by atoms with van der Waals surface area (Å²) in [6.45, 7) is 10.7. The second-order valence-electron chi connectivity index (χ2n) is 16.0. The molecule has 0 spiro atoms. The Hall–Kier alpha value is -6.88. The monoisotopic (exact) mass is 894 g/mol. The maximum absolute atomic E-state index is 14.0. The van der Waals surface area contributed by atoms with E-state index in [0.29, 0.717) is 23.6 Å². The van der Waals surface area contributed by atoms with E-state index in [1.54, 1.807) is 25.3 Å². The van der Waals surface area contributed by atoms with Gasteiger partial charge in [-0.15, -0.1) is 0 Å². The maximum Gasteiger partial charge on any atom is 0.411 e. The van der Waals surface area contributed by atoms with Gasteiger partial charge in [0.05, 0.1) is 14.2 Å². The Morgan fingerprint density at radius 2 is 0.831 bits per heavy atom. The molecular weight excluding hydrogens is 843 g/mol. The molecule has 0 aliphatic rings. The fourth-order valence-corrected chi connectivity index (χ4v) is 7.53. The fourth-order valence-electron chi connectivity index (χ4n) is 7.53. The van der Waals surface area contributed by atoms with Crippen LogP contribution in [0, 0.1) is 41.5 Å². The van der Waals surface area contributed by atoms with E-state index in [0.717, 1.165) is 52.3 Å². The Kier molecular flexibility index (Phi) is 15.4. The number of phenols is 3. The third-order valence-corrected chi connectivity index (χ3v) is 11.3. The van der Waals surface area contributed by atoms with Gasteiger partial charge in [0.15, 0.2) is 0 Å². The van der Waals surface area contributed by atoms with Crippen molar-refractivity contribution in [2.75, 3.05) is 14.2 Å². The standard InChI is InChI=1S/C21H20O.C18H16F6O2.C15H16O2/c1-15-3-7-17(8-4-15)21(18-9-5-16(2)6-10-18)19-11-13-20(22)14-12-19;1-10-8-12(4-6-14(10)25)16(17(19,20)21,18(22,23)24)13-5-7-15(26-3)11(2)9-13;1-10-4-6-12(8-14(10)16)13-7-5-11(2)15(9-13)17-3/h3-14,21-22H,1-2H3;4-9,25H,1-3H3;4-9,16H,1-3H3. The first-order valence-electron chi connectivity index (χ1n) is 20.6. The minimum absolute atomic E-state index is 0.0920. The van der Waals surface area contributed by atoms with Crippen LogP contribution in [0.4, 0.5) is 26.3 Å². The maximum atomic E-state index is 14.0. The Morgan fingerprint density at radius 3 is 1.26 bits per heavy atom. The van der Waals surface area contributed by atoms with Crippen molar-refractivity contribution in [3.63, 3.8) is 0 Å². The number of ether oxygens (including phenoxy) is 2. The summed E-state index contributed by atoms with van der Waals surface area (Å²) in [5.74, 6) is 1.45. The molecule has 65 heavy (non-hydrogen) atoms. The normalized spacial score (nSPS) is 11.6. The summed E-state index contributed by atoms with van der Waals surface area (Å²) in [5, 5.41) is 28.8. The van der Waals surface area contributed by atoms with E-state index in [4.69, 9.17) is 9.47 Å². The van der Waals surface area contributed by atoms with Crippen molar-refractivity contribution in [3.8, 4) is 39.9 Å². The van der Waals surface area contributed by atoms with Gasteiger partial charge in [0.1, 0.15) is 28.7 Å². The van der Waals surface area contributed by atoms with Crippen LogP contribution >= 0.6 is 0 Å². The van der Waals surface area contributed by atoms with Gasteiger partial charge in [-0.25, -0.2) is 0 Å². The summed E-state index contributed by atoms with van der Waals surface area (Å²) in [4.78, 5) is 0. The highest BCUT2D eigenvalue weighted by molar-refractivity contribution is 5.68. The molecule has 0 aliphatic heterocycles. The van der Waals surface area contributed by atoms with E-state index in [2.05, 4.69) is 62.4 Å². The van der Waals surface area contributed by atoms with Crippen LogP contribution in [-0.4, -0.2) is 41.9 Å². The zero-order chi connectivity index (χ0) is 47.9. The number of aromatic hydroxyl groups is 3. The van der Waals surface area contributed by atoms with Gasteiger partial charge in [-0.3, -0.25) is 0 Å². The number of benzene rings is 7. The number of hydrogen-bond donors (Lipinski definition) is 3. The average Bonchev–Trinajstić information content (AvgIpc) is 3.25. The topological polar surface area (TPSA) is 79.2 Å². The summed E-state index contributed by atoms with van der Waals surface area (Å²) in [5.41, 5.74) is 4.08. The Bertz CT molecular complexity index is 2570. The van der Waals surface area contributed by atoms with Crippen molar-refractivity contribution in [3.05, 3.63) is 207 Å². The molecule has 7 aromatic rings. The zero-order valence-corrected chi connectivity index (χ0v) is 37.4. The lowest BCUT2D eigenvalue weighted by Gasteiger charge is -2.38. The molecule has 7 rings (SSSR count). The molecule has 0 bridgehead atoms. The summed E-state index contributed by atoms with van der Waals surface area (Å²) < 4.78 is 94.1. The van der Waals surface area contributed by atoms with Gasteiger partial charge in [-0.05, 0) is 139 Å². The Labute approximate surface area is 376 Å². The van der Waals surface area contributed by atoms with Gasteiger partial charge in [0.2, 0.25) is 5.41 Å². The van der Waals surface area contributed by atoms with Gasteiger partial charge in [-0.2, -0.15) is 26.3 Å². The lowest BCUT2D eigenvalue weighted by Crippen LogP contribution is -2.54. The number of phenolic OH excluding ortho intramolecular Hbond substituents is 3. The van der Waals surface area contributed by atoms with E-state index < -0.39 is 34.6 Å². The molecule has 340 valence electrons. The van der Waals surface area contributed by atoms with Gasteiger partial charge in [0, 0.05) is 5.92 Å². The first-order chi connectivity index (χ1) is 30.6. The number of halogens is 6. The van der Waals surface area contributed by atoms with Crippen LogP contribution in [0.5, 0.6) is 28.7 Å². The largest absolute Gasteiger partial charge is 0.508 e. The third-order valence-electron chi connectivity index (χ3n) is 11.3. The molecule has 0 saturated heterocycles. The van der Waals surface area contributed by atoms with Crippen LogP contribution < -0.4 is 9.47 Å². The first kappa shape index (κ1) is 49.1. The zero-order valence-electron chi connectivity index (χ0n) is 37.4. The van der Waals surface area contributed by atoms with Crippen molar-refractivity contribution in [1.82, 2.24) is 0 Å². The summed E-state index contributed by atoms with van der Waals surface area (Å²) in [6, 6.07) is 41.4. The molecule has 7 aromatic carbocycles. The third kappa shape index (κ3) is 11.1. The quantitative estimate of drug-likeness (QED) is 0.105. The summed E-state index contributed by atoms with van der Waals surface area (Å²) in [6.07, 6.45) is -11.3. The predicted molar refractivity (Wildman–Crippen MR) is 244 cm³/mol. The number of alkyl halides is 6. The van der Waals surface area contributed by atoms with Gasteiger partial charge in [0.25, 0.3) is 0 Å². The van der Waals surface area contributed by atoms with Crippen LogP contribution in [0.25, 0.3) is 11.1 Å². The second-order valence-corrected chi connectivity index (χ2v) is 16.0. The minimum atomic E-state index is -5.67. The van der Waals surface area contributed by atoms with E-state index in [1.807, 2.05) is 56.3 Å². The van der Waals surface area contributed by atoms with Crippen molar-refractivity contribution in [2.24, 2.45) is 0 Å². The average molecular weight is 895 g/mol. The molecule has 0 heterocycles. The van der Waals surface area contributed by atoms with Crippen LogP contribution in [0.15, 0.2) is 146 Å². The summed E-state index contributed by atoms with van der Waals surface area (Å²) >= 11 is 0. The fraction of sp³-hybridized carbons (Fsp3) is 0.222. The molecule has 0 saturated carbocycles. The highest BCUT2D eigenvalue weighted by Crippen LogP contribution is 2.57. The van der Waals surface area contributed by atoms with Crippen molar-refractivity contribution >= 4 is 0 Å². The number of aryl methyl sites for hydroxylation is 6. The lowest BCUT2D eigenvalue weighted by atomic mass is 9.72. The molecule has 3 N–H and O–H groups in total. The van der Waals surface area contributed by atoms with Gasteiger partial charge < -0.3 is 24.8 Å². The van der Waals surface area contributed by atoms with Crippen LogP contribution in [0.1, 0.15) is 67.1 Å². The van der Waals surface area contributed by atoms with E-state index in [-0.39, 0.29) is 22.8 Å². The van der Waals surface area contributed by atoms with Crippen molar-refractivity contribution < 1.29 is 51.1 Å². The van der Waals surface area contributed by atoms with Crippen molar-refractivity contribution in [2.45, 2.75) is 65.2 Å². The molecule has 0 aromatic heterocycles. The molecule has 0 radical (unpaired) electrons. The minimum Gasteiger partial charge on any atom is -0.508 e. The highest BCUT2D eigenvalue weighted by Gasteiger charge is 2.72. The molecule has 0 unspecified atom stereocenters. The Balaban J connectivity index is 0.000000187. The van der Waals surface area contributed by atoms with Crippen LogP contribution in [0.2, 0.25) is 0 Å². The smallest absolute Gasteiger partial charge is 0.411 e. The SMILES string of the molecule is COc1cc(-c2ccc(C)c(O)c2)ccc1C.COc1ccc(C(c2ccc(O)c(C)c2)(C(F)(F)F)C(F)(F)F)cc1C.Cc1ccc(C(c2ccc(C)cc2)c2ccc(O)cc2)cc1. The molecule has 5 nitrogen and oxygen atoms in total. The lowest BCUT2D eigenvalue weighted by molar-refractivity contribution is -0.288. The molecular formula is C54H52F6O5. The predicted octanol–water partition coefficient (Wildman–Crippen LogP) is 14.3. The van der Waals surface area contributed by atoms with Gasteiger partial charge in [-0.1, -0.05) is 120 Å². The highest BCUT2D eigenvalue weighted by atomic mass is 19.4. The number of hydrogen-bond acceptors (Lipinski definition) is 5. The van der Waals surface area contributed by atoms with E-state index >= 15 is 0 Å². The summed E-state index contributed by atoms with van der Waals surface area (Å²) in [7, 11) is 2.94. The second kappa shape index (κ2) is 20.3.